The van der Waals surface area contributed by atoms with Crippen LogP contribution in [0.2, 0.25) is 0 Å². The van der Waals surface area contributed by atoms with Crippen molar-refractivity contribution in [2.75, 3.05) is 38.7 Å². The van der Waals surface area contributed by atoms with E-state index in [1.165, 1.54) is 0 Å². The van der Waals surface area contributed by atoms with Gasteiger partial charge in [0.25, 0.3) is 5.91 Å². The molecule has 1 aliphatic heterocycles. The number of ether oxygens (including phenoxy) is 1. The van der Waals surface area contributed by atoms with E-state index in [4.69, 9.17) is 16.3 Å². The van der Waals surface area contributed by atoms with Crippen molar-refractivity contribution in [3.05, 3.63) is 29.3 Å². The highest BCUT2D eigenvalue weighted by Gasteiger charge is 2.33. The van der Waals surface area contributed by atoms with Gasteiger partial charge in [0.2, 0.25) is 5.91 Å². The molecule has 0 unspecified atom stereocenters. The third-order valence-corrected chi connectivity index (χ3v) is 5.41. The van der Waals surface area contributed by atoms with Crippen LogP contribution >= 0.6 is 11.6 Å². The molecule has 25 heavy (non-hydrogen) atoms. The van der Waals surface area contributed by atoms with Gasteiger partial charge < -0.3 is 14.5 Å². The first-order chi connectivity index (χ1) is 11.8. The molecule has 0 aromatic heterocycles. The molecule has 0 aliphatic carbocycles. The molecule has 2 rings (SSSR count). The van der Waals surface area contributed by atoms with E-state index in [1.54, 1.807) is 9.80 Å². The highest BCUT2D eigenvalue weighted by atomic mass is 35.5. The highest BCUT2D eigenvalue weighted by molar-refractivity contribution is 6.19. The summed E-state index contributed by atoms with van der Waals surface area (Å²) >= 11 is 5.88. The molecule has 2 amide bonds. The van der Waals surface area contributed by atoms with Crippen LogP contribution in [0, 0.1) is 19.3 Å². The Hall–Kier alpha value is -1.75. The first-order valence-electron chi connectivity index (χ1n) is 8.58. The number of halogens is 1. The van der Waals surface area contributed by atoms with Crippen molar-refractivity contribution in [1.82, 2.24) is 9.80 Å². The van der Waals surface area contributed by atoms with Gasteiger partial charge >= 0.3 is 0 Å². The summed E-state index contributed by atoms with van der Waals surface area (Å²) in [4.78, 5) is 28.3. The molecule has 1 aromatic rings. The first-order valence-corrected chi connectivity index (χ1v) is 9.12. The van der Waals surface area contributed by atoms with Crippen LogP contribution in [-0.4, -0.2) is 60.3 Å². The van der Waals surface area contributed by atoms with E-state index in [0.717, 1.165) is 16.9 Å². The van der Waals surface area contributed by atoms with Crippen molar-refractivity contribution in [2.24, 2.45) is 5.41 Å². The van der Waals surface area contributed by atoms with Crippen molar-refractivity contribution in [2.45, 2.75) is 27.7 Å². The molecule has 1 aliphatic rings. The molecule has 0 spiro atoms. The third kappa shape index (κ3) is 4.66. The number of rotatable bonds is 5. The van der Waals surface area contributed by atoms with E-state index < -0.39 is 5.41 Å². The maximum absolute atomic E-state index is 12.4. The minimum atomic E-state index is -0.570. The number of benzene rings is 1. The second-order valence-corrected chi connectivity index (χ2v) is 7.44. The average molecular weight is 367 g/mol. The number of aryl methyl sites for hydroxylation is 1. The van der Waals surface area contributed by atoms with E-state index in [0.29, 0.717) is 26.2 Å². The van der Waals surface area contributed by atoms with Crippen molar-refractivity contribution in [1.29, 1.82) is 0 Å². The summed E-state index contributed by atoms with van der Waals surface area (Å²) in [7, 11) is 0. The van der Waals surface area contributed by atoms with Gasteiger partial charge in [0.1, 0.15) is 5.75 Å². The van der Waals surface area contributed by atoms with E-state index in [9.17, 15) is 9.59 Å². The lowest BCUT2D eigenvalue weighted by molar-refractivity contribution is -0.145. The van der Waals surface area contributed by atoms with Gasteiger partial charge in [-0.1, -0.05) is 12.1 Å². The minimum absolute atomic E-state index is 0.0193. The summed E-state index contributed by atoms with van der Waals surface area (Å²) in [6.45, 7) is 9.84. The summed E-state index contributed by atoms with van der Waals surface area (Å²) < 4.78 is 5.69. The molecule has 138 valence electrons. The van der Waals surface area contributed by atoms with Gasteiger partial charge in [-0.05, 0) is 44.9 Å². The van der Waals surface area contributed by atoms with Gasteiger partial charge in [-0.3, -0.25) is 9.59 Å². The van der Waals surface area contributed by atoms with E-state index in [-0.39, 0.29) is 24.3 Å². The highest BCUT2D eigenvalue weighted by Crippen LogP contribution is 2.22. The Labute approximate surface area is 154 Å². The number of nitrogens with zero attached hydrogens (tertiary/aromatic N) is 2. The molecule has 0 atom stereocenters. The number of alkyl halides is 1. The minimum Gasteiger partial charge on any atom is -0.483 e. The van der Waals surface area contributed by atoms with Gasteiger partial charge in [0.05, 0.1) is 5.41 Å². The largest absolute Gasteiger partial charge is 0.483 e. The van der Waals surface area contributed by atoms with Crippen molar-refractivity contribution >= 4 is 23.4 Å². The Morgan fingerprint density at radius 1 is 1.12 bits per heavy atom. The zero-order valence-corrected chi connectivity index (χ0v) is 16.2. The molecule has 5 nitrogen and oxygen atoms in total. The molecule has 0 radical (unpaired) electrons. The number of hydrogen-bond donors (Lipinski definition) is 0. The molecule has 0 bridgehead atoms. The lowest BCUT2D eigenvalue weighted by atomic mass is 9.94. The van der Waals surface area contributed by atoms with Gasteiger partial charge in [-0.25, -0.2) is 0 Å². The van der Waals surface area contributed by atoms with Crippen LogP contribution in [0.25, 0.3) is 0 Å². The monoisotopic (exact) mass is 366 g/mol. The predicted molar refractivity (Wildman–Crippen MR) is 99.1 cm³/mol. The van der Waals surface area contributed by atoms with Crippen molar-refractivity contribution in [3.8, 4) is 5.75 Å². The lowest BCUT2D eigenvalue weighted by Crippen LogP contribution is -2.54. The third-order valence-electron chi connectivity index (χ3n) is 4.74. The fourth-order valence-electron chi connectivity index (χ4n) is 2.76. The Balaban J connectivity index is 1.85. The fourth-order valence-corrected chi connectivity index (χ4v) is 2.87. The fraction of sp³-hybridized carbons (Fsp3) is 0.579. The molecule has 1 saturated heterocycles. The summed E-state index contributed by atoms with van der Waals surface area (Å²) in [6.07, 6.45) is 0. The number of piperazine rings is 1. The first kappa shape index (κ1) is 19.6. The second-order valence-electron chi connectivity index (χ2n) is 7.18. The average Bonchev–Trinajstić information content (AvgIpc) is 2.62. The molecule has 1 aromatic carbocycles. The van der Waals surface area contributed by atoms with Crippen LogP contribution in [0.5, 0.6) is 5.75 Å². The van der Waals surface area contributed by atoms with E-state index in [2.05, 4.69) is 0 Å². The quantitative estimate of drug-likeness (QED) is 0.753. The molecular formula is C19H27ClN2O3. The Morgan fingerprint density at radius 2 is 1.72 bits per heavy atom. The van der Waals surface area contributed by atoms with E-state index >= 15 is 0 Å². The summed E-state index contributed by atoms with van der Waals surface area (Å²) in [5.41, 5.74) is 1.62. The number of carbonyl (C=O) groups is 2. The Kier molecular flexibility index (Phi) is 6.33. The number of hydrogen-bond acceptors (Lipinski definition) is 3. The van der Waals surface area contributed by atoms with Crippen LogP contribution in [-0.2, 0) is 9.59 Å². The van der Waals surface area contributed by atoms with Crippen LogP contribution in [0.15, 0.2) is 18.2 Å². The standard InChI is InChI=1S/C19H27ClN2O3/c1-14-6-5-7-16(15(14)2)25-12-17(23)21-8-10-22(11-9-21)18(24)19(3,4)13-20/h5-7H,8-13H2,1-4H3. The normalized spacial score (nSPS) is 15.2. The molecular weight excluding hydrogens is 340 g/mol. The Bertz CT molecular complexity index is 638. The number of amides is 2. The Morgan fingerprint density at radius 3 is 2.32 bits per heavy atom. The molecule has 1 fully saturated rings. The smallest absolute Gasteiger partial charge is 0.260 e. The predicted octanol–water partition coefficient (Wildman–Crippen LogP) is 2.62. The summed E-state index contributed by atoms with van der Waals surface area (Å²) in [5, 5.41) is 0. The zero-order valence-electron chi connectivity index (χ0n) is 15.5. The second kappa shape index (κ2) is 8.09. The maximum atomic E-state index is 12.4. The van der Waals surface area contributed by atoms with Crippen LogP contribution in [0.1, 0.15) is 25.0 Å². The number of carbonyl (C=O) groups excluding carboxylic acids is 2. The van der Waals surface area contributed by atoms with Crippen molar-refractivity contribution in [3.63, 3.8) is 0 Å². The molecule has 1 heterocycles. The maximum Gasteiger partial charge on any atom is 0.260 e. The lowest BCUT2D eigenvalue weighted by Gasteiger charge is -2.38. The summed E-state index contributed by atoms with van der Waals surface area (Å²) in [5.74, 6) is 1.02. The van der Waals surface area contributed by atoms with Gasteiger partial charge in [0.15, 0.2) is 6.61 Å². The van der Waals surface area contributed by atoms with Gasteiger partial charge in [-0.2, -0.15) is 0 Å². The van der Waals surface area contributed by atoms with Crippen LogP contribution in [0.3, 0.4) is 0 Å². The zero-order chi connectivity index (χ0) is 18.6. The molecule has 6 heteroatoms. The van der Waals surface area contributed by atoms with Gasteiger partial charge in [0, 0.05) is 32.1 Å². The molecule has 0 N–H and O–H groups in total. The van der Waals surface area contributed by atoms with E-state index in [1.807, 2.05) is 45.9 Å². The molecule has 0 saturated carbocycles. The van der Waals surface area contributed by atoms with Crippen molar-refractivity contribution < 1.29 is 14.3 Å². The summed E-state index contributed by atoms with van der Waals surface area (Å²) in [6, 6.07) is 5.81. The topological polar surface area (TPSA) is 49.9 Å². The van der Waals surface area contributed by atoms with Crippen LogP contribution in [0.4, 0.5) is 0 Å². The SMILES string of the molecule is Cc1cccc(OCC(=O)N2CCN(C(=O)C(C)(C)CCl)CC2)c1C. The van der Waals surface area contributed by atoms with Crippen LogP contribution < -0.4 is 4.74 Å². The van der Waals surface area contributed by atoms with Gasteiger partial charge in [-0.15, -0.1) is 11.6 Å².